The molecule has 1 aliphatic heterocycles. The first-order valence-corrected chi connectivity index (χ1v) is 20.0. The molecule has 0 saturated carbocycles. The number of hydrogen-bond donors (Lipinski definition) is 0. The van der Waals surface area contributed by atoms with E-state index in [0.29, 0.717) is 22.1 Å². The van der Waals surface area contributed by atoms with Crippen LogP contribution in [-0.4, -0.2) is 9.38 Å². The van der Waals surface area contributed by atoms with E-state index in [0.717, 1.165) is 56.3 Å². The molecule has 0 amide bonds. The topological polar surface area (TPSA) is 30.4 Å². The first-order chi connectivity index (χ1) is 34.9. The molecule has 0 saturated heterocycles. The van der Waals surface area contributed by atoms with E-state index in [4.69, 9.17) is 16.8 Å². The van der Waals surface area contributed by atoms with E-state index in [1.165, 1.54) is 36.4 Å². The predicted molar refractivity (Wildman–Crippen MR) is 246 cm³/mol. The van der Waals surface area contributed by atoms with Crippen molar-refractivity contribution in [2.75, 3.05) is 0 Å². The fourth-order valence-electron chi connectivity index (χ4n) is 9.22. The zero-order chi connectivity index (χ0) is 52.2. The van der Waals surface area contributed by atoms with Crippen LogP contribution < -0.4 is 0 Å². The van der Waals surface area contributed by atoms with Gasteiger partial charge in [-0.15, -0.1) is 0 Å². The lowest BCUT2D eigenvalue weighted by atomic mass is 9.74. The quantitative estimate of drug-likeness (QED) is 0.175. The van der Waals surface area contributed by atoms with Crippen molar-refractivity contribution in [2.45, 2.75) is 49.5 Å². The largest absolute Gasteiger partial charge is 0.422 e. The van der Waals surface area contributed by atoms with Gasteiger partial charge in [0.1, 0.15) is 0 Å². The molecule has 0 radical (unpaired) electrons. The van der Waals surface area contributed by atoms with Crippen molar-refractivity contribution in [2.24, 2.45) is 0 Å². The van der Waals surface area contributed by atoms with Crippen LogP contribution in [-0.2, 0) is 5.41 Å². The third kappa shape index (κ3) is 4.87. The van der Waals surface area contributed by atoms with Crippen molar-refractivity contribution in [3.63, 3.8) is 0 Å². The van der Waals surface area contributed by atoms with Crippen LogP contribution in [0.2, 0.25) is 0 Å². The second-order valence-corrected chi connectivity index (χ2v) is 16.2. The molecule has 8 aromatic carbocycles. The summed E-state index contributed by atoms with van der Waals surface area (Å²) < 4.78 is 144. The van der Waals surface area contributed by atoms with Crippen molar-refractivity contribution >= 4 is 39.7 Å². The Balaban J connectivity index is 1.17. The summed E-state index contributed by atoms with van der Waals surface area (Å²) in [6.45, 7) is -15.6. The van der Waals surface area contributed by atoms with E-state index < -0.39 is 45.2 Å². The predicted octanol–water partition coefficient (Wildman–Crippen LogP) is 15.3. The van der Waals surface area contributed by atoms with Crippen LogP contribution in [0.5, 0.6) is 0 Å². The Labute approximate surface area is 369 Å². The third-order valence-electron chi connectivity index (χ3n) is 11.9. The molecule has 59 heavy (non-hydrogen) atoms. The molecule has 282 valence electrons. The monoisotopic (exact) mass is 791 g/mol. The number of imidazole rings is 1. The van der Waals surface area contributed by atoms with Crippen LogP contribution in [0.4, 0.5) is 0 Å². The van der Waals surface area contributed by atoms with E-state index in [1.807, 2.05) is 66.7 Å². The fraction of sp³-hybridized carbons (Fsp3) is 0.109. The summed E-state index contributed by atoms with van der Waals surface area (Å²) >= 11 is 0.884. The minimum absolute atomic E-state index is 0.0110. The lowest BCUT2D eigenvalue weighted by molar-refractivity contribution is 0.607. The first kappa shape index (κ1) is 22.5. The van der Waals surface area contributed by atoms with Crippen molar-refractivity contribution in [3.8, 4) is 66.8 Å². The Morgan fingerprint density at radius 3 is 1.81 bits per heavy atom. The van der Waals surface area contributed by atoms with Crippen molar-refractivity contribution < 1.29 is 25.0 Å². The van der Waals surface area contributed by atoms with Gasteiger partial charge < -0.3 is 4.42 Å². The standard InChI is InChI=1S/C55H40N2OS/c1-31-22-26-44-53(50(31)34-24-25-41-39-18-9-8-16-37(39)35-14-6-7-15-36(35)38-17-10-11-19-40(38)43(41)29-34)59-49-28-33(3)42(30-45(49)55(44,4)5)51-32(2)23-27-48-52(51)58-54-56-46-20-12-13-21-47(46)57(48)54/h6-30H,1-5H3/i1D3,2D3,3D3,4D3,5D3. The van der Waals surface area contributed by atoms with Gasteiger partial charge in [0.25, 0.3) is 0 Å². The zero-order valence-electron chi connectivity index (χ0n) is 46.1. The number of nitrogens with zero attached hydrogens (tertiary/aromatic N) is 2. The number of fused-ring (bicyclic) bond motifs is 15. The lowest BCUT2D eigenvalue weighted by Crippen LogP contribution is -2.24. The van der Waals surface area contributed by atoms with Crippen molar-refractivity contribution in [1.29, 1.82) is 0 Å². The molecule has 4 heteroatoms. The average Bonchev–Trinajstić information content (AvgIpc) is 3.90. The summed E-state index contributed by atoms with van der Waals surface area (Å²) in [5.41, 5.74) is 4.17. The maximum Gasteiger partial charge on any atom is 0.307 e. The molecule has 3 nitrogen and oxygen atoms in total. The van der Waals surface area contributed by atoms with Gasteiger partial charge in [0.15, 0.2) is 5.58 Å². The summed E-state index contributed by atoms with van der Waals surface area (Å²) in [6.07, 6.45) is 0. The van der Waals surface area contributed by atoms with Crippen LogP contribution in [0, 0.1) is 20.6 Å². The Morgan fingerprint density at radius 2 is 1.14 bits per heavy atom. The average molecular weight is 792 g/mol. The molecule has 0 fully saturated rings. The molecule has 2 aliphatic rings. The summed E-state index contributed by atoms with van der Waals surface area (Å²) in [6, 6.07) is 44.4. The van der Waals surface area contributed by atoms with Crippen LogP contribution in [0.25, 0.3) is 94.7 Å². The van der Waals surface area contributed by atoms with Crippen molar-refractivity contribution in [3.05, 3.63) is 179 Å². The van der Waals surface area contributed by atoms with E-state index in [9.17, 15) is 8.22 Å². The molecule has 0 spiro atoms. The van der Waals surface area contributed by atoms with Gasteiger partial charge in [-0.25, -0.2) is 0 Å². The molecule has 1 aliphatic carbocycles. The molecule has 3 heterocycles. The van der Waals surface area contributed by atoms with Gasteiger partial charge in [-0.05, 0) is 146 Å². The number of para-hydroxylation sites is 2. The number of aromatic nitrogens is 2. The highest BCUT2D eigenvalue weighted by Crippen LogP contribution is 2.56. The number of benzene rings is 8. The smallest absolute Gasteiger partial charge is 0.307 e. The highest BCUT2D eigenvalue weighted by atomic mass is 32.2. The Bertz CT molecular complexity index is 3980. The van der Waals surface area contributed by atoms with Gasteiger partial charge >= 0.3 is 5.84 Å². The highest BCUT2D eigenvalue weighted by Gasteiger charge is 2.36. The van der Waals surface area contributed by atoms with Crippen LogP contribution >= 0.6 is 11.8 Å². The summed E-state index contributed by atoms with van der Waals surface area (Å²) in [5, 5.41) is 0. The van der Waals surface area contributed by atoms with Crippen LogP contribution in [0.1, 0.15) is 62.1 Å². The Morgan fingerprint density at radius 1 is 0.525 bits per heavy atom. The molecule has 10 aromatic rings. The normalized spacial score (nSPS) is 18.4. The first-order valence-electron chi connectivity index (χ1n) is 26.7. The molecule has 2 aromatic heterocycles. The Hall–Kier alpha value is -6.62. The minimum Gasteiger partial charge on any atom is -0.422 e. The maximum absolute atomic E-state index is 9.40. The number of hydrogen-bond acceptors (Lipinski definition) is 3. The number of aryl methyl sites for hydroxylation is 3. The SMILES string of the molecule is [2H]C([2H])([2H])c1cc2c(cc1-c1c(C([2H])([2H])[2H])ccc3c1oc1nc4ccccc4n13)C(C([2H])([2H])[2H])(C([2H])([2H])[2H])c1ccc(C([2H])([2H])[2H])c(-c3ccc4c(c3)-c3ccccc3-c3ccccc3-c3ccccc3-4)c1S2. The summed E-state index contributed by atoms with van der Waals surface area (Å²) in [4.78, 5) is 4.54. The molecule has 0 unspecified atom stereocenters. The molecular weight excluding hydrogens is 737 g/mol. The Kier molecular flexibility index (Phi) is 4.75. The summed E-state index contributed by atoms with van der Waals surface area (Å²) in [5.74, 6) is 0.0748. The summed E-state index contributed by atoms with van der Waals surface area (Å²) in [7, 11) is 0. The minimum atomic E-state index is -3.44. The van der Waals surface area contributed by atoms with E-state index in [1.54, 1.807) is 34.7 Å². The fourth-order valence-corrected chi connectivity index (χ4v) is 10.6. The van der Waals surface area contributed by atoms with Crippen LogP contribution in [0.15, 0.2) is 166 Å². The van der Waals surface area contributed by atoms with Gasteiger partial charge in [-0.3, -0.25) is 4.40 Å². The molecular formula is C55H40N2OS. The molecule has 12 rings (SSSR count). The lowest BCUT2D eigenvalue weighted by Gasteiger charge is -2.37. The van der Waals surface area contributed by atoms with Gasteiger partial charge in [0, 0.05) is 41.3 Å². The van der Waals surface area contributed by atoms with Crippen LogP contribution in [0.3, 0.4) is 0 Å². The molecule has 0 bridgehead atoms. The van der Waals surface area contributed by atoms with E-state index >= 15 is 0 Å². The second-order valence-electron chi connectivity index (χ2n) is 15.2. The van der Waals surface area contributed by atoms with Crippen molar-refractivity contribution in [1.82, 2.24) is 9.38 Å². The number of oxazole rings is 1. The van der Waals surface area contributed by atoms with E-state index in [2.05, 4.69) is 23.2 Å². The second kappa shape index (κ2) is 12.4. The molecule has 0 N–H and O–H groups in total. The highest BCUT2D eigenvalue weighted by molar-refractivity contribution is 7.99. The van der Waals surface area contributed by atoms with Gasteiger partial charge in [-0.2, -0.15) is 4.98 Å². The number of rotatable bonds is 2. The van der Waals surface area contributed by atoms with Gasteiger partial charge in [-0.1, -0.05) is 141 Å². The van der Waals surface area contributed by atoms with E-state index in [-0.39, 0.29) is 60.2 Å². The zero-order valence-corrected chi connectivity index (χ0v) is 32.0. The third-order valence-corrected chi connectivity index (χ3v) is 13.1. The maximum atomic E-state index is 9.40. The molecule has 0 atom stereocenters. The van der Waals surface area contributed by atoms with Gasteiger partial charge in [0.05, 0.1) is 16.6 Å². The van der Waals surface area contributed by atoms with Gasteiger partial charge in [0.2, 0.25) is 0 Å².